The lowest BCUT2D eigenvalue weighted by atomic mass is 9.96. The molecule has 7 amide bonds. The van der Waals surface area contributed by atoms with Crippen LogP contribution in [0.5, 0.6) is 0 Å². The minimum Gasteiger partial charge on any atom is -0.480 e. The second-order valence-corrected chi connectivity index (χ2v) is 12.9. The van der Waals surface area contributed by atoms with Gasteiger partial charge in [0.15, 0.2) is 5.96 Å². The van der Waals surface area contributed by atoms with Gasteiger partial charge >= 0.3 is 5.97 Å². The maximum Gasteiger partial charge on any atom is 0.328 e. The predicted octanol–water partition coefficient (Wildman–Crippen LogP) is -5.67. The Morgan fingerprint density at radius 1 is 0.660 bits per heavy atom. The summed E-state index contributed by atoms with van der Waals surface area (Å²) in [6, 6.07) is -9.86. The summed E-state index contributed by atoms with van der Waals surface area (Å²) in [5.74, 6) is -8.89. The number of aliphatic imine (C=N–C) groups is 1. The van der Waals surface area contributed by atoms with Gasteiger partial charge in [-0.1, -0.05) is 34.1 Å². The summed E-state index contributed by atoms with van der Waals surface area (Å²) in [5, 5.41) is 42.3. The van der Waals surface area contributed by atoms with Gasteiger partial charge in [-0.15, -0.1) is 0 Å². The monoisotopic (exact) mass is 759 g/mol. The van der Waals surface area contributed by atoms with Crippen molar-refractivity contribution in [1.82, 2.24) is 31.9 Å². The number of primary amides is 1. The second kappa shape index (κ2) is 24.2. The summed E-state index contributed by atoms with van der Waals surface area (Å²) in [6.07, 6.45) is 0.179. The van der Waals surface area contributed by atoms with Crippen molar-refractivity contribution in [1.29, 1.82) is 0 Å². The van der Waals surface area contributed by atoms with E-state index in [4.69, 9.17) is 22.9 Å². The van der Waals surface area contributed by atoms with Gasteiger partial charge in [-0.25, -0.2) is 4.79 Å². The van der Waals surface area contributed by atoms with E-state index in [9.17, 15) is 53.7 Å². The Kier molecular flexibility index (Phi) is 21.9. The quantitative estimate of drug-likeness (QED) is 0.0234. The van der Waals surface area contributed by atoms with Gasteiger partial charge in [0, 0.05) is 6.54 Å². The SMILES string of the molecule is CC[C@H](C)[C@H](NC(=O)[C@H](CC(C)C)NC(=O)[C@H](CC(N)=O)NC(=O)[C@H](CO)NC(=O)[C@H](C)NC(=O)[C@@H](N)CCCN=C(N)N)C(=O)N[C@@H](CO)C(=O)O. The number of guanidine groups is 1. The van der Waals surface area contributed by atoms with Gasteiger partial charge in [-0.3, -0.25) is 38.6 Å². The fraction of sp³-hybridized carbons (Fsp3) is 0.710. The molecule has 0 aliphatic heterocycles. The number of hydrogen-bond donors (Lipinski definition) is 13. The molecule has 8 atom stereocenters. The molecule has 22 nitrogen and oxygen atoms in total. The standard InChI is InChI=1S/C31H57N11O11/c1-6-15(4)23(29(51)41-21(13-44)30(52)53)42-27(49)18(10-14(2)3)38-26(48)19(11-22(33)45)39-28(50)20(12-43)40-24(46)16(5)37-25(47)17(32)8-7-9-36-31(34)35/h14-21,23,43-44H,6-13,32H2,1-5H3,(H2,33,45)(H,37,47)(H,38,48)(H,39,50)(H,40,46)(H,41,51)(H,42,49)(H,52,53)(H4,34,35,36)/t15-,16-,17-,18-,19-,20-,21-,23-/m0/s1. The van der Waals surface area contributed by atoms with E-state index in [2.05, 4.69) is 36.9 Å². The molecule has 302 valence electrons. The predicted molar refractivity (Wildman–Crippen MR) is 190 cm³/mol. The van der Waals surface area contributed by atoms with Gasteiger partial charge in [0.05, 0.1) is 25.7 Å². The highest BCUT2D eigenvalue weighted by Crippen LogP contribution is 2.12. The summed E-state index contributed by atoms with van der Waals surface area (Å²) in [6.45, 7) is 6.44. The van der Waals surface area contributed by atoms with E-state index >= 15 is 0 Å². The van der Waals surface area contributed by atoms with E-state index in [1.807, 2.05) is 0 Å². The lowest BCUT2D eigenvalue weighted by Gasteiger charge is -2.29. The first-order chi connectivity index (χ1) is 24.7. The molecule has 53 heavy (non-hydrogen) atoms. The molecule has 0 aromatic carbocycles. The van der Waals surface area contributed by atoms with Crippen molar-refractivity contribution in [2.24, 2.45) is 39.8 Å². The van der Waals surface area contributed by atoms with E-state index in [-0.39, 0.29) is 31.3 Å². The third-order valence-electron chi connectivity index (χ3n) is 7.84. The molecular weight excluding hydrogens is 702 g/mol. The highest BCUT2D eigenvalue weighted by atomic mass is 16.4. The van der Waals surface area contributed by atoms with E-state index in [0.717, 1.165) is 0 Å². The van der Waals surface area contributed by atoms with Crippen LogP contribution in [0.1, 0.15) is 66.7 Å². The molecule has 0 saturated carbocycles. The molecule has 0 fully saturated rings. The molecule has 0 aliphatic rings. The van der Waals surface area contributed by atoms with Crippen LogP contribution in [0, 0.1) is 11.8 Å². The molecule has 0 unspecified atom stereocenters. The zero-order valence-corrected chi connectivity index (χ0v) is 30.7. The third-order valence-corrected chi connectivity index (χ3v) is 7.84. The van der Waals surface area contributed by atoms with Crippen LogP contribution in [0.25, 0.3) is 0 Å². The van der Waals surface area contributed by atoms with Gasteiger partial charge < -0.3 is 70.2 Å². The molecule has 0 saturated heterocycles. The smallest absolute Gasteiger partial charge is 0.328 e. The highest BCUT2D eigenvalue weighted by Gasteiger charge is 2.35. The van der Waals surface area contributed by atoms with Crippen molar-refractivity contribution in [3.63, 3.8) is 0 Å². The number of amides is 7. The topological polar surface area (TPSA) is 386 Å². The van der Waals surface area contributed by atoms with Crippen LogP contribution in [0.15, 0.2) is 4.99 Å². The molecule has 0 bridgehead atoms. The molecule has 0 radical (unpaired) electrons. The third kappa shape index (κ3) is 18.3. The minimum atomic E-state index is -1.70. The Morgan fingerprint density at radius 2 is 1.17 bits per heavy atom. The van der Waals surface area contributed by atoms with Gasteiger partial charge in [-0.05, 0) is 38.0 Å². The number of carbonyl (C=O) groups excluding carboxylic acids is 7. The summed E-state index contributed by atoms with van der Waals surface area (Å²) >= 11 is 0. The Hall–Kier alpha value is -5.09. The van der Waals surface area contributed by atoms with E-state index in [1.165, 1.54) is 6.92 Å². The molecule has 0 spiro atoms. The molecule has 0 aromatic heterocycles. The summed E-state index contributed by atoms with van der Waals surface area (Å²) in [4.78, 5) is 105. The molecule has 17 N–H and O–H groups in total. The zero-order chi connectivity index (χ0) is 41.0. The van der Waals surface area contributed by atoms with Crippen molar-refractivity contribution < 1.29 is 53.7 Å². The Balaban J connectivity index is 5.83. The van der Waals surface area contributed by atoms with Crippen molar-refractivity contribution >= 4 is 53.3 Å². The van der Waals surface area contributed by atoms with Crippen LogP contribution in [-0.4, -0.2) is 131 Å². The van der Waals surface area contributed by atoms with Crippen molar-refractivity contribution in [2.75, 3.05) is 19.8 Å². The normalized spacial score (nSPS) is 15.5. The Labute approximate surface area is 307 Å². The molecular formula is C31H57N11O11. The largest absolute Gasteiger partial charge is 0.480 e. The summed E-state index contributed by atoms with van der Waals surface area (Å²) in [5.41, 5.74) is 21.6. The summed E-state index contributed by atoms with van der Waals surface area (Å²) in [7, 11) is 0. The molecule has 22 heteroatoms. The van der Waals surface area contributed by atoms with Gasteiger partial charge in [0.2, 0.25) is 41.4 Å². The number of nitrogens with two attached hydrogens (primary N) is 4. The number of aliphatic hydroxyl groups is 2. The number of nitrogens with zero attached hydrogens (tertiary/aromatic N) is 1. The maximum absolute atomic E-state index is 13.5. The van der Waals surface area contributed by atoms with E-state index < -0.39 is 115 Å². The van der Waals surface area contributed by atoms with Crippen molar-refractivity contribution in [3.8, 4) is 0 Å². The second-order valence-electron chi connectivity index (χ2n) is 12.9. The number of carboxylic acid groups (broad SMARTS) is 1. The number of carbonyl (C=O) groups is 8. The first-order valence-corrected chi connectivity index (χ1v) is 17.0. The number of nitrogens with one attached hydrogen (secondary N) is 6. The first-order valence-electron chi connectivity index (χ1n) is 17.0. The van der Waals surface area contributed by atoms with Crippen LogP contribution >= 0.6 is 0 Å². The molecule has 0 rings (SSSR count). The lowest BCUT2D eigenvalue weighted by molar-refractivity contribution is -0.143. The fourth-order valence-corrected chi connectivity index (χ4v) is 4.59. The van der Waals surface area contributed by atoms with Crippen LogP contribution in [-0.2, 0) is 38.4 Å². The van der Waals surface area contributed by atoms with Crippen LogP contribution in [0.2, 0.25) is 0 Å². The molecule has 0 aliphatic carbocycles. The lowest BCUT2D eigenvalue weighted by Crippen LogP contribution is -2.61. The van der Waals surface area contributed by atoms with Gasteiger partial charge in [-0.2, -0.15) is 0 Å². The number of aliphatic carboxylic acids is 1. The number of hydrogen-bond acceptors (Lipinski definition) is 12. The number of aliphatic hydroxyl groups excluding tert-OH is 2. The molecule has 0 aromatic rings. The van der Waals surface area contributed by atoms with Gasteiger partial charge in [0.1, 0.15) is 36.3 Å². The van der Waals surface area contributed by atoms with Gasteiger partial charge in [0.25, 0.3) is 0 Å². The average Bonchev–Trinajstić information content (AvgIpc) is 3.07. The van der Waals surface area contributed by atoms with Crippen LogP contribution in [0.3, 0.4) is 0 Å². The first kappa shape index (κ1) is 47.9. The van der Waals surface area contributed by atoms with Crippen molar-refractivity contribution in [3.05, 3.63) is 0 Å². The Bertz CT molecular complexity index is 1310. The minimum absolute atomic E-state index is 0.0108. The van der Waals surface area contributed by atoms with E-state index in [0.29, 0.717) is 12.8 Å². The molecule has 0 heterocycles. The summed E-state index contributed by atoms with van der Waals surface area (Å²) < 4.78 is 0. The maximum atomic E-state index is 13.5. The highest BCUT2D eigenvalue weighted by molar-refractivity contribution is 5.98. The van der Waals surface area contributed by atoms with Crippen molar-refractivity contribution in [2.45, 2.75) is 109 Å². The Morgan fingerprint density at radius 3 is 1.66 bits per heavy atom. The average molecular weight is 760 g/mol. The van der Waals surface area contributed by atoms with Crippen LogP contribution < -0.4 is 54.8 Å². The number of carboxylic acids is 1. The zero-order valence-electron chi connectivity index (χ0n) is 30.7. The van der Waals surface area contributed by atoms with E-state index in [1.54, 1.807) is 27.7 Å². The number of rotatable bonds is 25. The fourth-order valence-electron chi connectivity index (χ4n) is 4.59. The van der Waals surface area contributed by atoms with Crippen LogP contribution in [0.4, 0.5) is 0 Å².